The van der Waals surface area contributed by atoms with E-state index in [1.165, 1.54) is 28.4 Å². The standard InChI is InChI=1S/C18H21FN2O2S/c1-4-21(5-2)17(22)12-20(3)18(23)16-11-10-15(24-16)13-6-8-14(19)9-7-13/h6-11H,4-5,12H2,1-3H3. The van der Waals surface area contributed by atoms with Crippen LogP contribution in [0.25, 0.3) is 10.4 Å². The Labute approximate surface area is 145 Å². The molecule has 0 radical (unpaired) electrons. The van der Waals surface area contributed by atoms with Crippen LogP contribution in [0.4, 0.5) is 4.39 Å². The van der Waals surface area contributed by atoms with Gasteiger partial charge in [-0.3, -0.25) is 9.59 Å². The number of carbonyl (C=O) groups is 2. The second kappa shape index (κ2) is 8.06. The molecule has 1 aromatic heterocycles. The highest BCUT2D eigenvalue weighted by Crippen LogP contribution is 2.28. The van der Waals surface area contributed by atoms with E-state index >= 15 is 0 Å². The molecular weight excluding hydrogens is 327 g/mol. The number of amides is 2. The molecule has 1 heterocycles. The van der Waals surface area contributed by atoms with Crippen molar-refractivity contribution in [3.63, 3.8) is 0 Å². The van der Waals surface area contributed by atoms with Gasteiger partial charge in [0, 0.05) is 25.0 Å². The molecule has 24 heavy (non-hydrogen) atoms. The summed E-state index contributed by atoms with van der Waals surface area (Å²) in [4.78, 5) is 29.2. The fraction of sp³-hybridized carbons (Fsp3) is 0.333. The van der Waals surface area contributed by atoms with E-state index in [9.17, 15) is 14.0 Å². The molecule has 4 nitrogen and oxygen atoms in total. The fourth-order valence-electron chi connectivity index (χ4n) is 2.36. The molecule has 0 aliphatic carbocycles. The molecule has 2 aromatic rings. The third-order valence-electron chi connectivity index (χ3n) is 3.78. The molecule has 1 aromatic carbocycles. The number of hydrogen-bond acceptors (Lipinski definition) is 3. The number of nitrogens with zero attached hydrogens (tertiary/aromatic N) is 2. The summed E-state index contributed by atoms with van der Waals surface area (Å²) >= 11 is 1.34. The van der Waals surface area contributed by atoms with Crippen molar-refractivity contribution in [1.29, 1.82) is 0 Å². The van der Waals surface area contributed by atoms with Gasteiger partial charge in [-0.2, -0.15) is 0 Å². The monoisotopic (exact) mass is 348 g/mol. The van der Waals surface area contributed by atoms with Gasteiger partial charge < -0.3 is 9.80 Å². The van der Waals surface area contributed by atoms with Crippen LogP contribution < -0.4 is 0 Å². The van der Waals surface area contributed by atoms with E-state index in [1.807, 2.05) is 19.9 Å². The summed E-state index contributed by atoms with van der Waals surface area (Å²) in [5.74, 6) is -0.540. The second-order valence-corrected chi connectivity index (χ2v) is 6.48. The van der Waals surface area contributed by atoms with E-state index in [4.69, 9.17) is 0 Å². The zero-order valence-electron chi connectivity index (χ0n) is 14.1. The highest BCUT2D eigenvalue weighted by Gasteiger charge is 2.19. The lowest BCUT2D eigenvalue weighted by Crippen LogP contribution is -2.40. The van der Waals surface area contributed by atoms with E-state index < -0.39 is 0 Å². The van der Waals surface area contributed by atoms with Crippen molar-refractivity contribution in [3.05, 3.63) is 47.1 Å². The number of benzene rings is 1. The minimum Gasteiger partial charge on any atom is -0.342 e. The normalized spacial score (nSPS) is 10.5. The van der Waals surface area contributed by atoms with E-state index in [0.717, 1.165) is 10.4 Å². The predicted octanol–water partition coefficient (Wildman–Crippen LogP) is 3.49. The Morgan fingerprint density at radius 2 is 1.67 bits per heavy atom. The number of rotatable bonds is 6. The molecule has 0 aliphatic rings. The van der Waals surface area contributed by atoms with Gasteiger partial charge in [0.2, 0.25) is 5.91 Å². The molecule has 2 amide bonds. The van der Waals surface area contributed by atoms with Crippen LogP contribution in [0, 0.1) is 5.82 Å². The van der Waals surface area contributed by atoms with Crippen molar-refractivity contribution in [2.75, 3.05) is 26.7 Å². The molecule has 2 rings (SSSR count). The summed E-state index contributed by atoms with van der Waals surface area (Å²) in [6.45, 7) is 5.15. The third kappa shape index (κ3) is 4.20. The van der Waals surface area contributed by atoms with Crippen molar-refractivity contribution < 1.29 is 14.0 Å². The van der Waals surface area contributed by atoms with Gasteiger partial charge in [-0.05, 0) is 43.7 Å². The molecule has 6 heteroatoms. The molecule has 0 N–H and O–H groups in total. The van der Waals surface area contributed by atoms with E-state index in [0.29, 0.717) is 18.0 Å². The summed E-state index contributed by atoms with van der Waals surface area (Å²) in [5, 5.41) is 0. The summed E-state index contributed by atoms with van der Waals surface area (Å²) < 4.78 is 13.0. The maximum absolute atomic E-state index is 13.0. The van der Waals surface area contributed by atoms with Crippen LogP contribution in [0.3, 0.4) is 0 Å². The Bertz CT molecular complexity index is 708. The maximum Gasteiger partial charge on any atom is 0.264 e. The molecule has 0 spiro atoms. The number of thiophene rings is 1. The van der Waals surface area contributed by atoms with Gasteiger partial charge in [0.05, 0.1) is 11.4 Å². The first-order chi connectivity index (χ1) is 11.5. The van der Waals surface area contributed by atoms with E-state index in [2.05, 4.69) is 0 Å². The Morgan fingerprint density at radius 3 is 2.25 bits per heavy atom. The Hall–Kier alpha value is -2.21. The largest absolute Gasteiger partial charge is 0.342 e. The van der Waals surface area contributed by atoms with Crippen molar-refractivity contribution in [2.24, 2.45) is 0 Å². The topological polar surface area (TPSA) is 40.6 Å². The number of likely N-dealkylation sites (N-methyl/N-ethyl adjacent to an activating group) is 2. The molecule has 0 fully saturated rings. The average Bonchev–Trinajstić information content (AvgIpc) is 3.05. The quantitative estimate of drug-likeness (QED) is 0.802. The van der Waals surface area contributed by atoms with Crippen molar-refractivity contribution in [2.45, 2.75) is 13.8 Å². The molecule has 128 valence electrons. The Morgan fingerprint density at radius 1 is 1.04 bits per heavy atom. The smallest absolute Gasteiger partial charge is 0.264 e. The van der Waals surface area contributed by atoms with E-state index in [1.54, 1.807) is 30.1 Å². The van der Waals surface area contributed by atoms with Gasteiger partial charge in [0.25, 0.3) is 5.91 Å². The molecule has 0 unspecified atom stereocenters. The van der Waals surface area contributed by atoms with Crippen LogP contribution in [-0.4, -0.2) is 48.3 Å². The highest BCUT2D eigenvalue weighted by molar-refractivity contribution is 7.17. The lowest BCUT2D eigenvalue weighted by Gasteiger charge is -2.22. The molecule has 0 saturated heterocycles. The number of hydrogen-bond donors (Lipinski definition) is 0. The predicted molar refractivity (Wildman–Crippen MR) is 94.6 cm³/mol. The molecule has 0 atom stereocenters. The van der Waals surface area contributed by atoms with Gasteiger partial charge in [-0.1, -0.05) is 12.1 Å². The minimum atomic E-state index is -0.291. The number of carbonyl (C=O) groups excluding carboxylic acids is 2. The van der Waals surface area contributed by atoms with Crippen molar-refractivity contribution in [3.8, 4) is 10.4 Å². The van der Waals surface area contributed by atoms with Crippen LogP contribution in [0.2, 0.25) is 0 Å². The highest BCUT2D eigenvalue weighted by atomic mass is 32.1. The Kier molecular flexibility index (Phi) is 6.09. The first-order valence-corrected chi connectivity index (χ1v) is 8.66. The van der Waals surface area contributed by atoms with Gasteiger partial charge in [-0.25, -0.2) is 4.39 Å². The molecule has 0 aliphatic heterocycles. The van der Waals surface area contributed by atoms with Crippen LogP contribution in [0.1, 0.15) is 23.5 Å². The lowest BCUT2D eigenvalue weighted by atomic mass is 10.2. The van der Waals surface area contributed by atoms with Gasteiger partial charge in [-0.15, -0.1) is 11.3 Å². The first kappa shape index (κ1) is 18.1. The molecular formula is C18H21FN2O2S. The van der Waals surface area contributed by atoms with Crippen LogP contribution >= 0.6 is 11.3 Å². The molecule has 0 bridgehead atoms. The lowest BCUT2D eigenvalue weighted by molar-refractivity contribution is -0.131. The van der Waals surface area contributed by atoms with Crippen LogP contribution in [0.5, 0.6) is 0 Å². The zero-order valence-corrected chi connectivity index (χ0v) is 14.9. The summed E-state index contributed by atoms with van der Waals surface area (Å²) in [6.07, 6.45) is 0. The minimum absolute atomic E-state index is 0.0598. The van der Waals surface area contributed by atoms with Crippen molar-refractivity contribution in [1.82, 2.24) is 9.80 Å². The van der Waals surface area contributed by atoms with Crippen molar-refractivity contribution >= 4 is 23.2 Å². The Balaban J connectivity index is 2.07. The maximum atomic E-state index is 13.0. The van der Waals surface area contributed by atoms with Crippen LogP contribution in [0.15, 0.2) is 36.4 Å². The zero-order chi connectivity index (χ0) is 17.7. The molecule has 0 saturated carbocycles. The SMILES string of the molecule is CCN(CC)C(=O)CN(C)C(=O)c1ccc(-c2ccc(F)cc2)s1. The first-order valence-electron chi connectivity index (χ1n) is 7.85. The summed E-state index contributed by atoms with van der Waals surface area (Å²) in [7, 11) is 1.63. The average molecular weight is 348 g/mol. The van der Waals surface area contributed by atoms with Gasteiger partial charge >= 0.3 is 0 Å². The summed E-state index contributed by atoms with van der Waals surface area (Å²) in [6, 6.07) is 9.73. The van der Waals surface area contributed by atoms with Gasteiger partial charge in [0.15, 0.2) is 0 Å². The van der Waals surface area contributed by atoms with Crippen LogP contribution in [-0.2, 0) is 4.79 Å². The number of halogens is 1. The summed E-state index contributed by atoms with van der Waals surface area (Å²) in [5.41, 5.74) is 0.863. The van der Waals surface area contributed by atoms with Gasteiger partial charge in [0.1, 0.15) is 5.82 Å². The third-order valence-corrected chi connectivity index (χ3v) is 4.90. The second-order valence-electron chi connectivity index (χ2n) is 5.40. The van der Waals surface area contributed by atoms with E-state index in [-0.39, 0.29) is 24.2 Å². The fourth-order valence-corrected chi connectivity index (χ4v) is 3.37.